The highest BCUT2D eigenvalue weighted by Gasteiger charge is 2.47. The fourth-order valence-corrected chi connectivity index (χ4v) is 8.13. The van der Waals surface area contributed by atoms with Crippen molar-refractivity contribution >= 4 is 35.1 Å². The zero-order chi connectivity index (χ0) is 35.8. The number of allylic oxidation sites excluding steroid dienone is 5. The molecule has 46 heavy (non-hydrogen) atoms. The molecule has 0 radical (unpaired) electrons. The molecule has 0 aromatic carbocycles. The summed E-state index contributed by atoms with van der Waals surface area (Å²) < 4.78 is 9.95. The van der Waals surface area contributed by atoms with Gasteiger partial charge in [0.05, 0.1) is 13.2 Å². The van der Waals surface area contributed by atoms with E-state index in [1.165, 1.54) is 37.8 Å². The summed E-state index contributed by atoms with van der Waals surface area (Å²) in [6, 6.07) is 0. The smallest absolute Gasteiger partial charge is 0.302 e. The molecule has 4 aliphatic carbocycles. The molecule has 0 heterocycles. The van der Waals surface area contributed by atoms with Gasteiger partial charge in [-0.25, -0.2) is 0 Å². The van der Waals surface area contributed by atoms with Crippen LogP contribution < -0.4 is 0 Å². The predicted octanol–water partition coefficient (Wildman–Crippen LogP) is 11.2. The van der Waals surface area contributed by atoms with Gasteiger partial charge in [0, 0.05) is 31.5 Å². The molecule has 0 spiro atoms. The maximum Gasteiger partial charge on any atom is 0.302 e. The lowest BCUT2D eigenvalue weighted by molar-refractivity contribution is -0.148. The van der Waals surface area contributed by atoms with Crippen LogP contribution in [-0.4, -0.2) is 36.9 Å². The van der Waals surface area contributed by atoms with Gasteiger partial charge in [-0.05, 0) is 90.8 Å². The predicted molar refractivity (Wildman–Crippen MR) is 197 cm³/mol. The molecule has 6 unspecified atom stereocenters. The van der Waals surface area contributed by atoms with Gasteiger partial charge >= 0.3 is 11.9 Å². The van der Waals surface area contributed by atoms with E-state index in [4.69, 9.17) is 32.7 Å². The Morgan fingerprint density at radius 1 is 0.696 bits per heavy atom. The molecule has 0 saturated heterocycles. The van der Waals surface area contributed by atoms with Crippen LogP contribution in [0.1, 0.15) is 109 Å². The molecule has 0 aromatic heterocycles. The fourth-order valence-electron chi connectivity index (χ4n) is 7.11. The molecule has 0 aromatic rings. The summed E-state index contributed by atoms with van der Waals surface area (Å²) in [4.78, 5) is 21.1. The SMILES string of the molecule is C=C1CC(COC(C)=O)C1(C)C.C=CC1CC(CCl)C1(C)C.C=CC1CC(COC(C)=O)C1(C)C.CC(C)=C1CC(CCl)C1(C)C. The van der Waals surface area contributed by atoms with Crippen LogP contribution in [0.5, 0.6) is 0 Å². The summed E-state index contributed by atoms with van der Waals surface area (Å²) in [7, 11) is 0. The molecule has 4 aliphatic rings. The molecule has 6 heteroatoms. The van der Waals surface area contributed by atoms with Crippen molar-refractivity contribution in [1.82, 2.24) is 0 Å². The van der Waals surface area contributed by atoms with Crippen LogP contribution in [0.15, 0.2) is 48.6 Å². The molecule has 0 amide bonds. The van der Waals surface area contributed by atoms with Crippen molar-refractivity contribution in [3.8, 4) is 0 Å². The summed E-state index contributed by atoms with van der Waals surface area (Å²) in [6.07, 6.45) is 8.62. The Bertz CT molecular complexity index is 1110. The van der Waals surface area contributed by atoms with E-state index in [-0.39, 0.29) is 22.8 Å². The Labute approximate surface area is 292 Å². The molecular weight excluding hydrogens is 615 g/mol. The van der Waals surface area contributed by atoms with E-state index in [1.54, 1.807) is 5.57 Å². The molecular formula is C40H66Cl2O4. The van der Waals surface area contributed by atoms with Crippen molar-refractivity contribution in [3.63, 3.8) is 0 Å². The Morgan fingerprint density at radius 3 is 1.39 bits per heavy atom. The van der Waals surface area contributed by atoms with Crippen molar-refractivity contribution in [2.24, 2.45) is 57.2 Å². The van der Waals surface area contributed by atoms with Crippen LogP contribution in [0.4, 0.5) is 0 Å². The van der Waals surface area contributed by atoms with Gasteiger partial charge in [0.2, 0.25) is 0 Å². The first-order chi connectivity index (χ1) is 21.0. The lowest BCUT2D eigenvalue weighted by atomic mass is 9.55. The second kappa shape index (κ2) is 17.2. The highest BCUT2D eigenvalue weighted by atomic mass is 35.5. The van der Waals surface area contributed by atoms with E-state index in [9.17, 15) is 9.59 Å². The number of ether oxygens (including phenoxy) is 2. The van der Waals surface area contributed by atoms with Gasteiger partial charge < -0.3 is 9.47 Å². The fraction of sp³-hybridized carbons (Fsp3) is 0.750. The standard InChI is InChI=1S/C11H18O2.C10H17Cl.C10H16O2.C9H15Cl/c1-5-9-6-10(11(9,3)4)7-13-8(2)12;1-7(2)9-5-8(6-11)10(9,3)4;1-7-5-9(10(7,3)4)6-12-8(2)11;1-4-7-5-8(6-10)9(7,2)3/h5,9-10H,1,6-7H2,2-4H3;8H,5-6H2,1-4H3;9H,1,5-6H2,2-4H3;4,7-8H,1,5-6H2,2-3H3. The van der Waals surface area contributed by atoms with Gasteiger partial charge in [0.1, 0.15) is 0 Å². The largest absolute Gasteiger partial charge is 0.466 e. The van der Waals surface area contributed by atoms with Crippen LogP contribution in [0.25, 0.3) is 0 Å². The minimum Gasteiger partial charge on any atom is -0.466 e. The van der Waals surface area contributed by atoms with Crippen LogP contribution in [0, 0.1) is 57.2 Å². The molecule has 4 nitrogen and oxygen atoms in total. The lowest BCUT2D eigenvalue weighted by Gasteiger charge is -2.50. The van der Waals surface area contributed by atoms with Crippen LogP contribution in [0.3, 0.4) is 0 Å². The summed E-state index contributed by atoms with van der Waals surface area (Å²) in [6.45, 7) is 37.8. The first kappa shape index (κ1) is 42.5. The van der Waals surface area contributed by atoms with E-state index in [0.717, 1.165) is 24.6 Å². The van der Waals surface area contributed by atoms with Gasteiger partial charge in [0.15, 0.2) is 0 Å². The second-order valence-electron chi connectivity index (χ2n) is 16.4. The monoisotopic (exact) mass is 680 g/mol. The molecule has 264 valence electrons. The molecule has 4 rings (SSSR count). The van der Waals surface area contributed by atoms with Gasteiger partial charge in [-0.3, -0.25) is 9.59 Å². The third kappa shape index (κ3) is 10.2. The Balaban J connectivity index is 0.000000308. The number of hydrogen-bond acceptors (Lipinski definition) is 4. The minimum atomic E-state index is -0.191. The maximum absolute atomic E-state index is 10.6. The van der Waals surface area contributed by atoms with Crippen LogP contribution in [-0.2, 0) is 19.1 Å². The number of esters is 2. The number of halogens is 2. The number of alkyl halides is 2. The molecule has 0 bridgehead atoms. The van der Waals surface area contributed by atoms with E-state index in [0.29, 0.717) is 59.6 Å². The van der Waals surface area contributed by atoms with E-state index < -0.39 is 0 Å². The average molecular weight is 682 g/mol. The molecule has 0 N–H and O–H groups in total. The summed E-state index contributed by atoms with van der Waals surface area (Å²) in [5, 5.41) is 0. The molecule has 6 atom stereocenters. The first-order valence-corrected chi connectivity index (χ1v) is 18.1. The number of rotatable bonds is 8. The van der Waals surface area contributed by atoms with Crippen LogP contribution >= 0.6 is 23.2 Å². The van der Waals surface area contributed by atoms with Gasteiger partial charge in [0.25, 0.3) is 0 Å². The topological polar surface area (TPSA) is 52.6 Å². The van der Waals surface area contributed by atoms with E-state index in [1.807, 2.05) is 6.08 Å². The quantitative estimate of drug-likeness (QED) is 0.145. The zero-order valence-electron chi connectivity index (χ0n) is 31.3. The highest BCUT2D eigenvalue weighted by Crippen LogP contribution is 2.54. The minimum absolute atomic E-state index is 0.162. The van der Waals surface area contributed by atoms with Gasteiger partial charge in [-0.1, -0.05) is 90.8 Å². The molecule has 4 saturated carbocycles. The number of carbonyl (C=O) groups excluding carboxylic acids is 2. The summed E-state index contributed by atoms with van der Waals surface area (Å²) in [5.74, 6) is 4.88. The maximum atomic E-state index is 10.6. The molecule has 0 aliphatic heterocycles. The van der Waals surface area contributed by atoms with Crippen molar-refractivity contribution in [1.29, 1.82) is 0 Å². The normalized spacial score (nSPS) is 30.1. The second-order valence-corrected chi connectivity index (χ2v) is 17.1. The van der Waals surface area contributed by atoms with Gasteiger partial charge in [-0.2, -0.15) is 0 Å². The van der Waals surface area contributed by atoms with E-state index >= 15 is 0 Å². The van der Waals surface area contributed by atoms with E-state index in [2.05, 4.69) is 95.1 Å². The van der Waals surface area contributed by atoms with Crippen molar-refractivity contribution in [3.05, 3.63) is 48.6 Å². The van der Waals surface area contributed by atoms with Crippen molar-refractivity contribution < 1.29 is 19.1 Å². The Kier molecular flexibility index (Phi) is 15.9. The third-order valence-electron chi connectivity index (χ3n) is 12.3. The third-order valence-corrected chi connectivity index (χ3v) is 13.0. The number of carbonyl (C=O) groups is 2. The lowest BCUT2D eigenvalue weighted by Crippen LogP contribution is -2.46. The summed E-state index contributed by atoms with van der Waals surface area (Å²) >= 11 is 11.6. The van der Waals surface area contributed by atoms with Crippen molar-refractivity contribution in [2.75, 3.05) is 25.0 Å². The van der Waals surface area contributed by atoms with Crippen molar-refractivity contribution in [2.45, 2.75) is 109 Å². The van der Waals surface area contributed by atoms with Crippen LogP contribution in [0.2, 0.25) is 0 Å². The Morgan fingerprint density at radius 2 is 1.11 bits per heavy atom. The number of hydrogen-bond donors (Lipinski definition) is 0. The summed E-state index contributed by atoms with van der Waals surface area (Å²) in [5.41, 5.74) is 5.55. The Hall–Kier alpha value is -1.52. The molecule has 4 fully saturated rings. The first-order valence-electron chi connectivity index (χ1n) is 17.0. The van der Waals surface area contributed by atoms with Gasteiger partial charge in [-0.15, -0.1) is 36.4 Å². The average Bonchev–Trinajstić information content (AvgIpc) is 2.94. The zero-order valence-corrected chi connectivity index (χ0v) is 32.8. The highest BCUT2D eigenvalue weighted by molar-refractivity contribution is 6.18.